The Balaban J connectivity index is 1.74. The molecule has 168 valence electrons. The predicted octanol–water partition coefficient (Wildman–Crippen LogP) is 0.692. The molecule has 30 heavy (non-hydrogen) atoms. The van der Waals surface area contributed by atoms with Crippen molar-refractivity contribution >= 4 is 21.8 Å². The molecule has 8 nitrogen and oxygen atoms in total. The van der Waals surface area contributed by atoms with Gasteiger partial charge in [-0.1, -0.05) is 6.92 Å². The molecule has 2 amide bonds. The first-order chi connectivity index (χ1) is 14.1. The number of nitrogens with zero attached hydrogens (tertiary/aromatic N) is 2. The molecule has 0 aromatic heterocycles. The van der Waals surface area contributed by atoms with E-state index >= 15 is 0 Å². The van der Waals surface area contributed by atoms with Gasteiger partial charge in [-0.3, -0.25) is 14.5 Å². The fourth-order valence-electron chi connectivity index (χ4n) is 2.96. The molecule has 2 N–H and O–H groups in total. The lowest BCUT2D eigenvalue weighted by Gasteiger charge is -2.34. The van der Waals surface area contributed by atoms with Crippen molar-refractivity contribution in [3.63, 3.8) is 0 Å². The van der Waals surface area contributed by atoms with Crippen LogP contribution in [-0.4, -0.2) is 75.3 Å². The number of hydrogen-bond donors (Lipinski definition) is 2. The molecule has 0 saturated carbocycles. The highest BCUT2D eigenvalue weighted by molar-refractivity contribution is 7.89. The summed E-state index contributed by atoms with van der Waals surface area (Å²) in [5.74, 6) is -2.66. The highest BCUT2D eigenvalue weighted by atomic mass is 32.2. The summed E-state index contributed by atoms with van der Waals surface area (Å²) >= 11 is 0. The molecule has 2 rings (SSSR count). The Morgan fingerprint density at radius 2 is 1.80 bits per heavy atom. The SMILES string of the molecule is CCC(C)NC(=O)CN1CCN(C(=O)CCNS(=O)(=O)c2ccc(F)c(F)c2)CC1. The molecule has 1 aliphatic heterocycles. The minimum absolute atomic E-state index is 0.0456. The summed E-state index contributed by atoms with van der Waals surface area (Å²) in [6.07, 6.45) is 0.797. The maximum absolute atomic E-state index is 13.2. The highest BCUT2D eigenvalue weighted by Crippen LogP contribution is 2.13. The van der Waals surface area contributed by atoms with Gasteiger partial charge in [0.1, 0.15) is 0 Å². The van der Waals surface area contributed by atoms with Gasteiger partial charge in [-0.05, 0) is 31.5 Å². The Kier molecular flexibility index (Phi) is 8.68. The summed E-state index contributed by atoms with van der Waals surface area (Å²) in [5, 5.41) is 2.90. The summed E-state index contributed by atoms with van der Waals surface area (Å²) in [5.41, 5.74) is 0. The second-order valence-corrected chi connectivity index (χ2v) is 9.02. The lowest BCUT2D eigenvalue weighted by Crippen LogP contribution is -2.52. The zero-order valence-electron chi connectivity index (χ0n) is 17.2. The maximum Gasteiger partial charge on any atom is 0.240 e. The van der Waals surface area contributed by atoms with Gasteiger partial charge in [-0.2, -0.15) is 0 Å². The van der Waals surface area contributed by atoms with E-state index in [1.165, 1.54) is 0 Å². The second kappa shape index (κ2) is 10.8. The Hall–Kier alpha value is -2.11. The van der Waals surface area contributed by atoms with Crippen molar-refractivity contribution in [2.24, 2.45) is 0 Å². The zero-order valence-corrected chi connectivity index (χ0v) is 18.0. The van der Waals surface area contributed by atoms with Gasteiger partial charge < -0.3 is 10.2 Å². The number of carbonyl (C=O) groups is 2. The van der Waals surface area contributed by atoms with Crippen LogP contribution in [0.1, 0.15) is 26.7 Å². The molecule has 11 heteroatoms. The van der Waals surface area contributed by atoms with Crippen LogP contribution in [0.15, 0.2) is 23.1 Å². The molecule has 0 radical (unpaired) electrons. The van der Waals surface area contributed by atoms with E-state index in [0.29, 0.717) is 32.2 Å². The van der Waals surface area contributed by atoms with E-state index in [1.807, 2.05) is 18.7 Å². The van der Waals surface area contributed by atoms with Crippen molar-refractivity contribution < 1.29 is 26.8 Å². The molecule has 1 atom stereocenters. The maximum atomic E-state index is 13.2. The molecule has 1 saturated heterocycles. The van der Waals surface area contributed by atoms with E-state index in [-0.39, 0.29) is 37.4 Å². The van der Waals surface area contributed by atoms with Gasteiger partial charge in [0.05, 0.1) is 11.4 Å². The number of piperazine rings is 1. The van der Waals surface area contributed by atoms with Gasteiger partial charge in [-0.25, -0.2) is 21.9 Å². The molecule has 1 fully saturated rings. The van der Waals surface area contributed by atoms with Crippen LogP contribution in [0.2, 0.25) is 0 Å². The van der Waals surface area contributed by atoms with Gasteiger partial charge in [0.25, 0.3) is 0 Å². The third-order valence-electron chi connectivity index (χ3n) is 4.94. The molecule has 1 unspecified atom stereocenters. The molecule has 1 aromatic rings. The van der Waals surface area contributed by atoms with Gasteiger partial charge >= 0.3 is 0 Å². The van der Waals surface area contributed by atoms with Crippen LogP contribution in [0.25, 0.3) is 0 Å². The smallest absolute Gasteiger partial charge is 0.240 e. The second-order valence-electron chi connectivity index (χ2n) is 7.26. The Morgan fingerprint density at radius 3 is 2.40 bits per heavy atom. The number of rotatable bonds is 9. The number of halogens is 2. The predicted molar refractivity (Wildman–Crippen MR) is 107 cm³/mol. The average molecular weight is 447 g/mol. The first-order valence-corrected chi connectivity index (χ1v) is 11.3. The van der Waals surface area contributed by atoms with Crippen LogP contribution in [-0.2, 0) is 19.6 Å². The average Bonchev–Trinajstić information content (AvgIpc) is 2.70. The third kappa shape index (κ3) is 6.99. The van der Waals surface area contributed by atoms with E-state index < -0.39 is 26.6 Å². The van der Waals surface area contributed by atoms with Crippen LogP contribution in [0.3, 0.4) is 0 Å². The number of carbonyl (C=O) groups excluding carboxylic acids is 2. The van der Waals surface area contributed by atoms with Crippen LogP contribution in [0, 0.1) is 11.6 Å². The summed E-state index contributed by atoms with van der Waals surface area (Å²) in [4.78, 5) is 27.4. The van der Waals surface area contributed by atoms with E-state index in [0.717, 1.165) is 18.6 Å². The fourth-order valence-corrected chi connectivity index (χ4v) is 4.00. The largest absolute Gasteiger partial charge is 0.353 e. The Labute approximate surface area is 175 Å². The van der Waals surface area contributed by atoms with E-state index in [1.54, 1.807) is 4.90 Å². The van der Waals surface area contributed by atoms with Crippen LogP contribution in [0.4, 0.5) is 8.78 Å². The van der Waals surface area contributed by atoms with Crippen molar-refractivity contribution in [2.75, 3.05) is 39.3 Å². The first-order valence-electron chi connectivity index (χ1n) is 9.86. The van der Waals surface area contributed by atoms with Crippen LogP contribution >= 0.6 is 0 Å². The van der Waals surface area contributed by atoms with E-state index in [2.05, 4.69) is 10.0 Å². The fraction of sp³-hybridized carbons (Fsp3) is 0.579. The summed E-state index contributed by atoms with van der Waals surface area (Å²) in [6.45, 7) is 6.07. The van der Waals surface area contributed by atoms with Crippen LogP contribution < -0.4 is 10.0 Å². The normalized spacial score (nSPS) is 16.3. The first kappa shape index (κ1) is 24.2. The highest BCUT2D eigenvalue weighted by Gasteiger charge is 2.23. The zero-order chi connectivity index (χ0) is 22.3. The molecule has 1 aromatic carbocycles. The molecule has 1 heterocycles. The molecule has 1 aliphatic rings. The van der Waals surface area contributed by atoms with Gasteiger partial charge in [0, 0.05) is 45.2 Å². The minimum Gasteiger partial charge on any atom is -0.353 e. The summed E-state index contributed by atoms with van der Waals surface area (Å²) in [6, 6.07) is 2.41. The molecule has 0 bridgehead atoms. The van der Waals surface area contributed by atoms with Gasteiger partial charge in [0.15, 0.2) is 11.6 Å². The summed E-state index contributed by atoms with van der Waals surface area (Å²) < 4.78 is 52.7. The van der Waals surface area contributed by atoms with Crippen molar-refractivity contribution in [3.8, 4) is 0 Å². The van der Waals surface area contributed by atoms with Gasteiger partial charge in [-0.15, -0.1) is 0 Å². The number of hydrogen-bond acceptors (Lipinski definition) is 5. The molecule has 0 spiro atoms. The number of sulfonamides is 1. The number of nitrogens with one attached hydrogen (secondary N) is 2. The van der Waals surface area contributed by atoms with E-state index in [4.69, 9.17) is 0 Å². The monoisotopic (exact) mass is 446 g/mol. The molecular formula is C19H28F2N4O4S. The topological polar surface area (TPSA) is 98.8 Å². The summed E-state index contributed by atoms with van der Waals surface area (Å²) in [7, 11) is -4.04. The van der Waals surface area contributed by atoms with Crippen LogP contribution in [0.5, 0.6) is 0 Å². The van der Waals surface area contributed by atoms with E-state index in [9.17, 15) is 26.8 Å². The Bertz CT molecular complexity index is 858. The quantitative estimate of drug-likeness (QED) is 0.582. The third-order valence-corrected chi connectivity index (χ3v) is 6.40. The van der Waals surface area contributed by atoms with Crippen molar-refractivity contribution in [1.29, 1.82) is 0 Å². The lowest BCUT2D eigenvalue weighted by atomic mass is 10.2. The number of benzene rings is 1. The van der Waals surface area contributed by atoms with Crippen molar-refractivity contribution in [3.05, 3.63) is 29.8 Å². The standard InChI is InChI=1S/C19H28F2N4O4S/c1-3-14(2)23-18(26)13-24-8-10-25(11-9-24)19(27)6-7-22-30(28,29)15-4-5-16(20)17(21)12-15/h4-5,12,14,22H,3,6-11,13H2,1-2H3,(H,23,26). The van der Waals surface area contributed by atoms with Crippen molar-refractivity contribution in [1.82, 2.24) is 19.8 Å². The number of amides is 2. The van der Waals surface area contributed by atoms with Crippen molar-refractivity contribution in [2.45, 2.75) is 37.6 Å². The minimum atomic E-state index is -4.04. The Morgan fingerprint density at radius 1 is 1.13 bits per heavy atom. The van der Waals surface area contributed by atoms with Gasteiger partial charge in [0.2, 0.25) is 21.8 Å². The molecule has 0 aliphatic carbocycles. The lowest BCUT2D eigenvalue weighted by molar-refractivity contribution is -0.133. The molecular weight excluding hydrogens is 418 g/mol.